The first-order valence-electron chi connectivity index (χ1n) is 7.54. The number of ether oxygens (including phenoxy) is 1. The fourth-order valence-corrected chi connectivity index (χ4v) is 3.79. The molecule has 0 N–H and O–H groups in total. The second-order valence-electron chi connectivity index (χ2n) is 5.38. The van der Waals surface area contributed by atoms with E-state index in [4.69, 9.17) is 17.0 Å². The van der Waals surface area contributed by atoms with Crippen molar-refractivity contribution in [1.82, 2.24) is 0 Å². The van der Waals surface area contributed by atoms with E-state index in [1.54, 1.807) is 24.3 Å². The maximum atomic E-state index is 12.9. The molecule has 0 aliphatic carbocycles. The van der Waals surface area contributed by atoms with Gasteiger partial charge in [0, 0.05) is 0 Å². The summed E-state index contributed by atoms with van der Waals surface area (Å²) in [5.74, 6) is -0.748. The van der Waals surface area contributed by atoms with Gasteiger partial charge in [-0.3, -0.25) is 9.69 Å². The van der Waals surface area contributed by atoms with E-state index < -0.39 is 5.97 Å². The minimum atomic E-state index is -0.507. The molecule has 126 valence electrons. The zero-order valence-corrected chi connectivity index (χ0v) is 15.3. The van der Waals surface area contributed by atoms with E-state index in [2.05, 4.69) is 0 Å². The van der Waals surface area contributed by atoms with Crippen molar-refractivity contribution < 1.29 is 14.3 Å². The summed E-state index contributed by atoms with van der Waals surface area (Å²) >= 11 is 6.61. The third kappa shape index (κ3) is 3.36. The smallest absolute Gasteiger partial charge is 0.339 e. The number of thioether (sulfide) groups is 1. The predicted octanol–water partition coefficient (Wildman–Crippen LogP) is 4.19. The van der Waals surface area contributed by atoms with E-state index in [-0.39, 0.29) is 5.91 Å². The number of benzene rings is 2. The van der Waals surface area contributed by atoms with Crippen molar-refractivity contribution in [3.8, 4) is 0 Å². The summed E-state index contributed by atoms with van der Waals surface area (Å²) in [7, 11) is 1.31. The molecule has 25 heavy (non-hydrogen) atoms. The van der Waals surface area contributed by atoms with E-state index in [9.17, 15) is 9.59 Å². The second-order valence-corrected chi connectivity index (χ2v) is 7.06. The molecule has 1 saturated heterocycles. The van der Waals surface area contributed by atoms with E-state index in [0.29, 0.717) is 20.5 Å². The summed E-state index contributed by atoms with van der Waals surface area (Å²) in [5, 5.41) is 0. The Morgan fingerprint density at radius 1 is 1.16 bits per heavy atom. The first-order chi connectivity index (χ1) is 12.0. The lowest BCUT2D eigenvalue weighted by atomic mass is 10.1. The number of carbonyl (C=O) groups excluding carboxylic acids is 2. The molecular formula is C19H15NO3S2. The summed E-state index contributed by atoms with van der Waals surface area (Å²) in [6.07, 6.45) is 1.83. The highest BCUT2D eigenvalue weighted by atomic mass is 32.2. The van der Waals surface area contributed by atoms with Crippen LogP contribution < -0.4 is 4.90 Å². The van der Waals surface area contributed by atoms with Crippen molar-refractivity contribution in [3.63, 3.8) is 0 Å². The van der Waals surface area contributed by atoms with Crippen LogP contribution in [0.2, 0.25) is 0 Å². The molecule has 0 saturated carbocycles. The highest BCUT2D eigenvalue weighted by Crippen LogP contribution is 2.37. The summed E-state index contributed by atoms with van der Waals surface area (Å²) < 4.78 is 5.19. The van der Waals surface area contributed by atoms with Gasteiger partial charge in [-0.05, 0) is 36.3 Å². The first-order valence-corrected chi connectivity index (χ1v) is 8.76. The topological polar surface area (TPSA) is 46.6 Å². The summed E-state index contributed by atoms with van der Waals surface area (Å²) in [6, 6.07) is 14.6. The van der Waals surface area contributed by atoms with Gasteiger partial charge >= 0.3 is 5.97 Å². The van der Waals surface area contributed by atoms with Gasteiger partial charge in [0.1, 0.15) is 0 Å². The van der Waals surface area contributed by atoms with E-state index in [1.165, 1.54) is 23.8 Å². The van der Waals surface area contributed by atoms with Crippen molar-refractivity contribution >= 4 is 51.9 Å². The van der Waals surface area contributed by atoms with Crippen molar-refractivity contribution in [2.75, 3.05) is 12.0 Å². The number of methoxy groups -OCH3 is 1. The average molecular weight is 369 g/mol. The molecule has 1 fully saturated rings. The lowest BCUT2D eigenvalue weighted by molar-refractivity contribution is -0.113. The lowest BCUT2D eigenvalue weighted by Crippen LogP contribution is -2.29. The van der Waals surface area contributed by atoms with Crippen LogP contribution in [0, 0.1) is 6.92 Å². The van der Waals surface area contributed by atoms with Gasteiger partial charge in [0.2, 0.25) is 0 Å². The van der Waals surface area contributed by atoms with Gasteiger partial charge in [-0.1, -0.05) is 60.4 Å². The molecule has 0 atom stereocenters. The summed E-state index contributed by atoms with van der Waals surface area (Å²) in [5.41, 5.74) is 2.77. The summed E-state index contributed by atoms with van der Waals surface area (Å²) in [6.45, 7) is 1.99. The number of hydrogen-bond acceptors (Lipinski definition) is 5. The molecule has 2 aromatic rings. The molecule has 1 heterocycles. The minimum absolute atomic E-state index is 0.241. The number of esters is 1. The molecule has 1 amide bonds. The minimum Gasteiger partial charge on any atom is -0.465 e. The predicted molar refractivity (Wildman–Crippen MR) is 105 cm³/mol. The number of para-hydroxylation sites is 1. The molecule has 0 bridgehead atoms. The number of nitrogens with zero attached hydrogens (tertiary/aromatic N) is 1. The van der Waals surface area contributed by atoms with Gasteiger partial charge in [-0.25, -0.2) is 4.79 Å². The maximum Gasteiger partial charge on any atom is 0.339 e. The second kappa shape index (κ2) is 7.21. The van der Waals surface area contributed by atoms with Crippen LogP contribution in [0.25, 0.3) is 6.08 Å². The van der Waals surface area contributed by atoms with E-state index in [0.717, 1.165) is 11.1 Å². The van der Waals surface area contributed by atoms with Crippen LogP contribution in [0.15, 0.2) is 53.4 Å². The van der Waals surface area contributed by atoms with E-state index >= 15 is 0 Å². The fraction of sp³-hybridized carbons (Fsp3) is 0.105. The molecule has 0 spiro atoms. The van der Waals surface area contributed by atoms with Gasteiger partial charge in [-0.2, -0.15) is 0 Å². The molecule has 2 aromatic carbocycles. The SMILES string of the molecule is COC(=O)c1ccccc1N1C(=O)/C(=C/c2ccccc2C)SC1=S. The molecule has 0 aromatic heterocycles. The highest BCUT2D eigenvalue weighted by Gasteiger charge is 2.35. The van der Waals surface area contributed by atoms with Crippen LogP contribution in [0.1, 0.15) is 21.5 Å². The van der Waals surface area contributed by atoms with Gasteiger partial charge in [0.15, 0.2) is 4.32 Å². The van der Waals surface area contributed by atoms with Crippen LogP contribution in [0.3, 0.4) is 0 Å². The number of aryl methyl sites for hydroxylation is 1. The van der Waals surface area contributed by atoms with Gasteiger partial charge < -0.3 is 4.74 Å². The fourth-order valence-electron chi connectivity index (χ4n) is 2.52. The van der Waals surface area contributed by atoms with Crippen LogP contribution in [-0.4, -0.2) is 23.3 Å². The molecule has 6 heteroatoms. The van der Waals surface area contributed by atoms with Crippen molar-refractivity contribution in [2.45, 2.75) is 6.92 Å². The molecule has 0 radical (unpaired) electrons. The first kappa shape index (κ1) is 17.4. The van der Waals surface area contributed by atoms with Crippen molar-refractivity contribution in [2.24, 2.45) is 0 Å². The Hall–Kier alpha value is -2.44. The zero-order valence-electron chi connectivity index (χ0n) is 13.7. The number of carbonyl (C=O) groups is 2. The Bertz CT molecular complexity index is 905. The molecule has 0 unspecified atom stereocenters. The molecule has 1 aliphatic rings. The van der Waals surface area contributed by atoms with Gasteiger partial charge in [0.25, 0.3) is 5.91 Å². The Kier molecular flexibility index (Phi) is 5.01. The van der Waals surface area contributed by atoms with Crippen LogP contribution in [0.4, 0.5) is 5.69 Å². The largest absolute Gasteiger partial charge is 0.465 e. The lowest BCUT2D eigenvalue weighted by Gasteiger charge is -2.17. The zero-order chi connectivity index (χ0) is 18.0. The van der Waals surface area contributed by atoms with Crippen LogP contribution >= 0.6 is 24.0 Å². The Labute approximate surface area is 155 Å². The maximum absolute atomic E-state index is 12.9. The van der Waals surface area contributed by atoms with Crippen LogP contribution in [0.5, 0.6) is 0 Å². The van der Waals surface area contributed by atoms with Gasteiger partial charge in [0.05, 0.1) is 23.3 Å². The quantitative estimate of drug-likeness (QED) is 0.461. The average Bonchev–Trinajstić information content (AvgIpc) is 2.90. The number of amides is 1. The third-order valence-corrected chi connectivity index (χ3v) is 5.12. The monoisotopic (exact) mass is 369 g/mol. The molecular weight excluding hydrogens is 354 g/mol. The number of rotatable bonds is 3. The molecule has 3 rings (SSSR count). The van der Waals surface area contributed by atoms with Crippen molar-refractivity contribution in [1.29, 1.82) is 0 Å². The standard InChI is InChI=1S/C19H15NO3S2/c1-12-7-3-4-8-13(12)11-16-17(21)20(19(24)25-16)15-10-6-5-9-14(15)18(22)23-2/h3-11H,1-2H3/b16-11-. The van der Waals surface area contributed by atoms with E-state index in [1.807, 2.05) is 37.3 Å². The summed E-state index contributed by atoms with van der Waals surface area (Å²) in [4.78, 5) is 26.8. The Balaban J connectivity index is 2.01. The van der Waals surface area contributed by atoms with Crippen LogP contribution in [-0.2, 0) is 9.53 Å². The molecule has 1 aliphatic heterocycles. The highest BCUT2D eigenvalue weighted by molar-refractivity contribution is 8.27. The Morgan fingerprint density at radius 2 is 1.84 bits per heavy atom. The third-order valence-electron chi connectivity index (χ3n) is 3.82. The number of hydrogen-bond donors (Lipinski definition) is 0. The van der Waals surface area contributed by atoms with Gasteiger partial charge in [-0.15, -0.1) is 0 Å². The Morgan fingerprint density at radius 3 is 2.56 bits per heavy atom. The van der Waals surface area contributed by atoms with Crippen molar-refractivity contribution in [3.05, 3.63) is 70.1 Å². The number of anilines is 1. The normalized spacial score (nSPS) is 15.8. The number of thiocarbonyl (C=S) groups is 1. The molecule has 4 nitrogen and oxygen atoms in total.